The zero-order valence-electron chi connectivity index (χ0n) is 9.37. The molecule has 0 radical (unpaired) electrons. The standard InChI is InChI=1S/C10H13NO6S/c11-5(9(13)14)3-18-6-2-16-10(15)4-1-7(12)17-8(4)6/h5-6,10,15H,1-3,11H2,(H,13,14)/t5-,6?,10?/m0/s1. The van der Waals surface area contributed by atoms with Crippen molar-refractivity contribution in [2.45, 2.75) is 24.0 Å². The van der Waals surface area contributed by atoms with Crippen molar-refractivity contribution in [2.24, 2.45) is 5.73 Å². The third-order valence-electron chi connectivity index (χ3n) is 2.67. The number of aliphatic carboxylic acids is 1. The summed E-state index contributed by atoms with van der Waals surface area (Å²) in [6, 6.07) is -0.983. The molecule has 2 rings (SSSR count). The number of ether oxygens (including phenoxy) is 2. The Kier molecular flexibility index (Phi) is 3.91. The number of carbonyl (C=O) groups excluding carboxylic acids is 1. The van der Waals surface area contributed by atoms with E-state index in [1.807, 2.05) is 0 Å². The van der Waals surface area contributed by atoms with E-state index >= 15 is 0 Å². The van der Waals surface area contributed by atoms with E-state index in [2.05, 4.69) is 0 Å². The van der Waals surface area contributed by atoms with Gasteiger partial charge < -0.3 is 25.4 Å². The van der Waals surface area contributed by atoms with Gasteiger partial charge in [0.25, 0.3) is 0 Å². The first-order valence-corrected chi connectivity index (χ1v) is 6.37. The molecule has 0 aromatic rings. The maximum atomic E-state index is 11.2. The minimum absolute atomic E-state index is 0.0124. The van der Waals surface area contributed by atoms with Crippen molar-refractivity contribution in [1.82, 2.24) is 0 Å². The Bertz CT molecular complexity index is 409. The molecule has 0 saturated carbocycles. The highest BCUT2D eigenvalue weighted by Gasteiger charge is 2.38. The highest BCUT2D eigenvalue weighted by atomic mass is 32.2. The molecule has 0 amide bonds. The van der Waals surface area contributed by atoms with E-state index in [1.54, 1.807) is 0 Å². The summed E-state index contributed by atoms with van der Waals surface area (Å²) in [5, 5.41) is 17.9. The Hall–Kier alpha value is -1.09. The van der Waals surface area contributed by atoms with E-state index in [4.69, 9.17) is 20.3 Å². The molecule has 7 nitrogen and oxygen atoms in total. The molecule has 2 heterocycles. The molecular weight excluding hydrogens is 262 g/mol. The number of thioether (sulfide) groups is 1. The summed E-state index contributed by atoms with van der Waals surface area (Å²) in [6.07, 6.45) is -1.10. The van der Waals surface area contributed by atoms with Crippen molar-refractivity contribution >= 4 is 23.7 Å². The van der Waals surface area contributed by atoms with Gasteiger partial charge in [-0.2, -0.15) is 0 Å². The molecule has 2 aliphatic heterocycles. The van der Waals surface area contributed by atoms with Crippen LogP contribution in [0.1, 0.15) is 6.42 Å². The van der Waals surface area contributed by atoms with E-state index in [0.717, 1.165) is 0 Å². The highest BCUT2D eigenvalue weighted by Crippen LogP contribution is 2.36. The Labute approximate surface area is 107 Å². The molecule has 0 saturated heterocycles. The van der Waals surface area contributed by atoms with Crippen molar-refractivity contribution in [3.8, 4) is 0 Å². The van der Waals surface area contributed by atoms with Gasteiger partial charge >= 0.3 is 11.9 Å². The lowest BCUT2D eigenvalue weighted by Gasteiger charge is -2.26. The van der Waals surface area contributed by atoms with Crippen LogP contribution in [-0.4, -0.2) is 52.1 Å². The topological polar surface area (TPSA) is 119 Å². The molecule has 0 bridgehead atoms. The number of aliphatic hydroxyl groups is 1. The minimum Gasteiger partial charge on any atom is -0.480 e. The van der Waals surface area contributed by atoms with Gasteiger partial charge in [-0.15, -0.1) is 11.8 Å². The first kappa shape index (κ1) is 13.3. The molecule has 3 atom stereocenters. The first-order chi connectivity index (χ1) is 8.49. The molecule has 0 aromatic heterocycles. The average molecular weight is 275 g/mol. The zero-order valence-corrected chi connectivity index (χ0v) is 10.2. The van der Waals surface area contributed by atoms with Gasteiger partial charge in [0.05, 0.1) is 18.3 Å². The number of aliphatic hydroxyl groups excluding tert-OH is 1. The minimum atomic E-state index is -1.11. The smallest absolute Gasteiger partial charge is 0.321 e. The summed E-state index contributed by atoms with van der Waals surface area (Å²) in [7, 11) is 0. The van der Waals surface area contributed by atoms with Crippen molar-refractivity contribution in [3.05, 3.63) is 11.3 Å². The van der Waals surface area contributed by atoms with E-state index in [0.29, 0.717) is 11.3 Å². The van der Waals surface area contributed by atoms with Crippen molar-refractivity contribution in [3.63, 3.8) is 0 Å². The number of rotatable bonds is 4. The molecule has 0 spiro atoms. The number of hydrogen-bond donors (Lipinski definition) is 3. The van der Waals surface area contributed by atoms with Crippen LogP contribution in [0.2, 0.25) is 0 Å². The van der Waals surface area contributed by atoms with Crippen LogP contribution >= 0.6 is 11.8 Å². The number of esters is 1. The van der Waals surface area contributed by atoms with E-state index in [-0.39, 0.29) is 24.0 Å². The lowest BCUT2D eigenvalue weighted by Crippen LogP contribution is -2.35. The van der Waals surface area contributed by atoms with Gasteiger partial charge in [-0.1, -0.05) is 0 Å². The van der Waals surface area contributed by atoms with Crippen LogP contribution in [0.4, 0.5) is 0 Å². The van der Waals surface area contributed by atoms with Gasteiger partial charge in [-0.3, -0.25) is 9.59 Å². The normalized spacial score (nSPS) is 28.9. The number of nitrogens with two attached hydrogens (primary N) is 1. The molecular formula is C10H13NO6S. The Morgan fingerprint density at radius 2 is 2.33 bits per heavy atom. The second kappa shape index (κ2) is 5.27. The lowest BCUT2D eigenvalue weighted by molar-refractivity contribution is -0.138. The largest absolute Gasteiger partial charge is 0.480 e. The predicted molar refractivity (Wildman–Crippen MR) is 61.6 cm³/mol. The Balaban J connectivity index is 2.01. The quantitative estimate of drug-likeness (QED) is 0.562. The molecule has 0 fully saturated rings. The molecule has 0 aromatic carbocycles. The van der Waals surface area contributed by atoms with Crippen LogP contribution in [0.25, 0.3) is 0 Å². The molecule has 18 heavy (non-hydrogen) atoms. The van der Waals surface area contributed by atoms with E-state index in [9.17, 15) is 14.7 Å². The fraction of sp³-hybridized carbons (Fsp3) is 0.600. The first-order valence-electron chi connectivity index (χ1n) is 5.32. The summed E-state index contributed by atoms with van der Waals surface area (Å²) >= 11 is 1.24. The number of carboxylic acid groups (broad SMARTS) is 1. The van der Waals surface area contributed by atoms with Gasteiger partial charge in [0.2, 0.25) is 0 Å². The van der Waals surface area contributed by atoms with Gasteiger partial charge in [0.15, 0.2) is 6.29 Å². The van der Waals surface area contributed by atoms with Crippen LogP contribution in [0.15, 0.2) is 11.3 Å². The molecule has 2 aliphatic rings. The van der Waals surface area contributed by atoms with Gasteiger partial charge in [0.1, 0.15) is 11.8 Å². The number of carboxylic acids is 1. The van der Waals surface area contributed by atoms with Crippen LogP contribution in [0.3, 0.4) is 0 Å². The Morgan fingerprint density at radius 1 is 1.61 bits per heavy atom. The molecule has 100 valence electrons. The summed E-state index contributed by atoms with van der Waals surface area (Å²) in [6.45, 7) is 0.157. The van der Waals surface area contributed by atoms with Crippen LogP contribution in [0.5, 0.6) is 0 Å². The van der Waals surface area contributed by atoms with E-state index in [1.165, 1.54) is 11.8 Å². The SMILES string of the molecule is N[C@@H](CSC1COC(O)C2=C1OC(=O)C2)C(=O)O. The molecule has 4 N–H and O–H groups in total. The van der Waals surface area contributed by atoms with Gasteiger partial charge in [-0.05, 0) is 0 Å². The summed E-state index contributed by atoms with van der Waals surface area (Å²) in [5.74, 6) is -0.954. The molecule has 2 unspecified atom stereocenters. The maximum absolute atomic E-state index is 11.2. The van der Waals surface area contributed by atoms with Crippen LogP contribution in [-0.2, 0) is 19.1 Å². The fourth-order valence-corrected chi connectivity index (χ4v) is 2.83. The van der Waals surface area contributed by atoms with E-state index < -0.39 is 24.3 Å². The predicted octanol–water partition coefficient (Wildman–Crippen LogP) is -0.950. The summed E-state index contributed by atoms with van der Waals surface area (Å²) in [5.41, 5.74) is 5.81. The third-order valence-corrected chi connectivity index (χ3v) is 3.97. The monoisotopic (exact) mass is 275 g/mol. The summed E-state index contributed by atoms with van der Waals surface area (Å²) in [4.78, 5) is 21.8. The highest BCUT2D eigenvalue weighted by molar-refractivity contribution is 8.00. The van der Waals surface area contributed by atoms with Gasteiger partial charge in [-0.25, -0.2) is 0 Å². The average Bonchev–Trinajstić information content (AvgIpc) is 2.70. The van der Waals surface area contributed by atoms with Crippen LogP contribution in [0, 0.1) is 0 Å². The second-order valence-corrected chi connectivity index (χ2v) is 5.23. The fourth-order valence-electron chi connectivity index (χ4n) is 1.72. The lowest BCUT2D eigenvalue weighted by atomic mass is 10.1. The molecule has 8 heteroatoms. The van der Waals surface area contributed by atoms with Crippen molar-refractivity contribution in [2.75, 3.05) is 12.4 Å². The zero-order chi connectivity index (χ0) is 13.3. The van der Waals surface area contributed by atoms with Crippen molar-refractivity contribution in [1.29, 1.82) is 0 Å². The van der Waals surface area contributed by atoms with Crippen LogP contribution < -0.4 is 5.73 Å². The summed E-state index contributed by atoms with van der Waals surface area (Å²) < 4.78 is 10.1. The molecule has 0 aliphatic carbocycles. The Morgan fingerprint density at radius 3 is 3.00 bits per heavy atom. The number of carbonyl (C=O) groups is 2. The van der Waals surface area contributed by atoms with Gasteiger partial charge in [0, 0.05) is 11.3 Å². The third kappa shape index (κ3) is 2.66. The maximum Gasteiger partial charge on any atom is 0.321 e. The second-order valence-electron chi connectivity index (χ2n) is 3.99. The number of hydrogen-bond acceptors (Lipinski definition) is 7. The van der Waals surface area contributed by atoms with Crippen molar-refractivity contribution < 1.29 is 29.3 Å².